The summed E-state index contributed by atoms with van der Waals surface area (Å²) in [6.07, 6.45) is 14.3. The molecule has 190 valence electrons. The predicted molar refractivity (Wildman–Crippen MR) is 125 cm³/mol. The molecule has 0 aliphatic rings. The normalized spacial score (nSPS) is 13.2. The fraction of sp³-hybridized carbons (Fsp3) is 0.920. The first-order chi connectivity index (χ1) is 15.4. The molecule has 7 nitrogen and oxygen atoms in total. The minimum atomic E-state index is -0.951. The third kappa shape index (κ3) is 19.5. The molecule has 0 aromatic rings. The van der Waals surface area contributed by atoms with Crippen molar-refractivity contribution in [1.82, 2.24) is 0 Å². The Morgan fingerprint density at radius 3 is 1.66 bits per heavy atom. The van der Waals surface area contributed by atoms with Crippen LogP contribution in [-0.2, 0) is 19.1 Å². The standard InChI is InChI=1S/C25H48O7/c1-3-4-5-6-7-8-9-10-12-15-22(29)16-13-11-14-17-23(31-21(2)28)18-25(30)32-24(19-26)20-27/h22-24,26-27,29H,3-20H2,1-2H3/t22-,23-/m1/s1. The third-order valence-corrected chi connectivity index (χ3v) is 5.64. The SMILES string of the molecule is CCCCCCCCCCC[C@@H](O)CCCCC[C@H](CC(=O)OC(CO)CO)OC(C)=O. The van der Waals surface area contributed by atoms with Crippen molar-refractivity contribution in [2.45, 2.75) is 135 Å². The van der Waals surface area contributed by atoms with Gasteiger partial charge in [-0.15, -0.1) is 0 Å². The highest BCUT2D eigenvalue weighted by Gasteiger charge is 2.20. The molecule has 0 bridgehead atoms. The van der Waals surface area contributed by atoms with Crippen LogP contribution < -0.4 is 0 Å². The summed E-state index contributed by atoms with van der Waals surface area (Å²) in [6, 6.07) is 0. The van der Waals surface area contributed by atoms with Crippen molar-refractivity contribution in [1.29, 1.82) is 0 Å². The van der Waals surface area contributed by atoms with Gasteiger partial charge >= 0.3 is 11.9 Å². The lowest BCUT2D eigenvalue weighted by atomic mass is 10.0. The van der Waals surface area contributed by atoms with Crippen molar-refractivity contribution >= 4 is 11.9 Å². The van der Waals surface area contributed by atoms with Crippen molar-refractivity contribution in [2.75, 3.05) is 13.2 Å². The topological polar surface area (TPSA) is 113 Å². The number of hydrogen-bond acceptors (Lipinski definition) is 7. The van der Waals surface area contributed by atoms with E-state index in [2.05, 4.69) is 6.92 Å². The van der Waals surface area contributed by atoms with E-state index in [0.717, 1.165) is 38.5 Å². The molecule has 0 fully saturated rings. The van der Waals surface area contributed by atoms with Gasteiger partial charge in [0.15, 0.2) is 0 Å². The molecule has 3 N–H and O–H groups in total. The summed E-state index contributed by atoms with van der Waals surface area (Å²) in [5.74, 6) is -1.07. The van der Waals surface area contributed by atoms with Crippen LogP contribution in [0.5, 0.6) is 0 Å². The monoisotopic (exact) mass is 460 g/mol. The van der Waals surface area contributed by atoms with Crippen LogP contribution in [0.2, 0.25) is 0 Å². The molecule has 0 aliphatic carbocycles. The number of esters is 2. The van der Waals surface area contributed by atoms with Gasteiger partial charge in [0.1, 0.15) is 12.2 Å². The van der Waals surface area contributed by atoms with E-state index in [1.54, 1.807) is 0 Å². The zero-order valence-corrected chi connectivity index (χ0v) is 20.4. The minimum Gasteiger partial charge on any atom is -0.462 e. The molecule has 2 atom stereocenters. The second-order valence-electron chi connectivity index (χ2n) is 8.82. The summed E-state index contributed by atoms with van der Waals surface area (Å²) >= 11 is 0. The number of ether oxygens (including phenoxy) is 2. The molecular formula is C25H48O7. The van der Waals surface area contributed by atoms with Gasteiger partial charge in [-0.1, -0.05) is 77.6 Å². The minimum absolute atomic E-state index is 0.0999. The Hall–Kier alpha value is -1.18. The van der Waals surface area contributed by atoms with E-state index < -0.39 is 37.4 Å². The van der Waals surface area contributed by atoms with Gasteiger partial charge in [-0.25, -0.2) is 0 Å². The molecule has 0 radical (unpaired) electrons. The molecule has 0 rings (SSSR count). The Morgan fingerprint density at radius 1 is 0.688 bits per heavy atom. The van der Waals surface area contributed by atoms with Crippen LogP contribution in [-0.4, -0.2) is 58.8 Å². The quantitative estimate of drug-likeness (QED) is 0.162. The van der Waals surface area contributed by atoms with Crippen LogP contribution >= 0.6 is 0 Å². The van der Waals surface area contributed by atoms with Crippen molar-refractivity contribution < 1.29 is 34.4 Å². The van der Waals surface area contributed by atoms with Gasteiger partial charge in [0.2, 0.25) is 0 Å². The number of aliphatic hydroxyl groups is 3. The molecule has 0 aromatic heterocycles. The highest BCUT2D eigenvalue weighted by Crippen LogP contribution is 2.16. The number of carbonyl (C=O) groups is 2. The molecule has 0 heterocycles. The largest absolute Gasteiger partial charge is 0.462 e. The van der Waals surface area contributed by atoms with Crippen LogP contribution in [0.3, 0.4) is 0 Å². The summed E-state index contributed by atoms with van der Waals surface area (Å²) in [5, 5.41) is 28.1. The van der Waals surface area contributed by atoms with E-state index in [4.69, 9.17) is 19.7 Å². The fourth-order valence-corrected chi connectivity index (χ4v) is 3.75. The van der Waals surface area contributed by atoms with Crippen LogP contribution in [0, 0.1) is 0 Å². The summed E-state index contributed by atoms with van der Waals surface area (Å²) in [6.45, 7) is 2.62. The van der Waals surface area contributed by atoms with E-state index in [9.17, 15) is 14.7 Å². The Bertz CT molecular complexity index is 452. The maximum Gasteiger partial charge on any atom is 0.309 e. The summed E-state index contributed by atoms with van der Waals surface area (Å²) < 4.78 is 10.1. The zero-order chi connectivity index (χ0) is 24.0. The lowest BCUT2D eigenvalue weighted by molar-refractivity contribution is -0.160. The maximum atomic E-state index is 11.9. The molecule has 0 unspecified atom stereocenters. The van der Waals surface area contributed by atoms with Crippen molar-refractivity contribution in [3.05, 3.63) is 0 Å². The van der Waals surface area contributed by atoms with E-state index >= 15 is 0 Å². The van der Waals surface area contributed by atoms with E-state index in [1.165, 1.54) is 58.3 Å². The second kappa shape index (κ2) is 21.7. The second-order valence-corrected chi connectivity index (χ2v) is 8.82. The lowest BCUT2D eigenvalue weighted by Crippen LogP contribution is -2.29. The highest BCUT2D eigenvalue weighted by molar-refractivity contribution is 5.71. The number of unbranched alkanes of at least 4 members (excludes halogenated alkanes) is 10. The smallest absolute Gasteiger partial charge is 0.309 e. The number of aliphatic hydroxyl groups excluding tert-OH is 3. The molecule has 32 heavy (non-hydrogen) atoms. The molecular weight excluding hydrogens is 412 g/mol. The molecule has 0 saturated heterocycles. The first kappa shape index (κ1) is 30.8. The van der Waals surface area contributed by atoms with E-state index in [0.29, 0.717) is 6.42 Å². The van der Waals surface area contributed by atoms with Gasteiger partial charge in [-0.2, -0.15) is 0 Å². The first-order valence-electron chi connectivity index (χ1n) is 12.7. The number of carbonyl (C=O) groups excluding carboxylic acids is 2. The highest BCUT2D eigenvalue weighted by atomic mass is 16.6. The van der Waals surface area contributed by atoms with Gasteiger partial charge in [-0.3, -0.25) is 9.59 Å². The Kier molecular flexibility index (Phi) is 20.9. The van der Waals surface area contributed by atoms with Crippen LogP contribution in [0.25, 0.3) is 0 Å². The fourth-order valence-electron chi connectivity index (χ4n) is 3.75. The Balaban J connectivity index is 3.84. The van der Waals surface area contributed by atoms with Crippen molar-refractivity contribution in [3.63, 3.8) is 0 Å². The van der Waals surface area contributed by atoms with Gasteiger partial charge < -0.3 is 24.8 Å². The first-order valence-corrected chi connectivity index (χ1v) is 12.7. The van der Waals surface area contributed by atoms with Gasteiger partial charge in [0.05, 0.1) is 25.7 Å². The lowest BCUT2D eigenvalue weighted by Gasteiger charge is -2.18. The molecule has 7 heteroatoms. The number of hydrogen-bond donors (Lipinski definition) is 3. The Morgan fingerprint density at radius 2 is 1.16 bits per heavy atom. The Labute approximate surface area is 194 Å². The summed E-state index contributed by atoms with van der Waals surface area (Å²) in [4.78, 5) is 23.2. The average Bonchev–Trinajstić information content (AvgIpc) is 2.75. The predicted octanol–water partition coefficient (Wildman–Crippen LogP) is 4.44. The van der Waals surface area contributed by atoms with Crippen molar-refractivity contribution in [3.8, 4) is 0 Å². The summed E-state index contributed by atoms with van der Waals surface area (Å²) in [7, 11) is 0. The summed E-state index contributed by atoms with van der Waals surface area (Å²) in [5.41, 5.74) is 0. The van der Waals surface area contributed by atoms with Gasteiger partial charge in [-0.05, 0) is 25.7 Å². The molecule has 0 saturated carbocycles. The molecule has 0 aliphatic heterocycles. The van der Waals surface area contributed by atoms with Crippen molar-refractivity contribution in [2.24, 2.45) is 0 Å². The van der Waals surface area contributed by atoms with E-state index in [-0.39, 0.29) is 12.5 Å². The maximum absolute atomic E-state index is 11.9. The van der Waals surface area contributed by atoms with Crippen LogP contribution in [0.1, 0.15) is 117 Å². The van der Waals surface area contributed by atoms with Gasteiger partial charge in [0.25, 0.3) is 0 Å². The van der Waals surface area contributed by atoms with Crippen LogP contribution in [0.15, 0.2) is 0 Å². The third-order valence-electron chi connectivity index (χ3n) is 5.64. The van der Waals surface area contributed by atoms with Gasteiger partial charge in [0, 0.05) is 6.92 Å². The molecule has 0 amide bonds. The zero-order valence-electron chi connectivity index (χ0n) is 20.4. The van der Waals surface area contributed by atoms with Crippen LogP contribution in [0.4, 0.5) is 0 Å². The van der Waals surface area contributed by atoms with E-state index in [1.807, 2.05) is 0 Å². The number of rotatable bonds is 22. The molecule has 0 aromatic carbocycles. The average molecular weight is 461 g/mol. The molecule has 0 spiro atoms.